The van der Waals surface area contributed by atoms with Crippen molar-refractivity contribution in [2.24, 2.45) is 11.1 Å². The molecule has 0 aromatic heterocycles. The van der Waals surface area contributed by atoms with Gasteiger partial charge in [-0.05, 0) is 31.9 Å². The first kappa shape index (κ1) is 15.2. The molecule has 2 aliphatic carbocycles. The molecule has 0 heterocycles. The average Bonchev–Trinajstić information content (AvgIpc) is 2.96. The number of thioether (sulfide) groups is 1. The van der Waals surface area contributed by atoms with E-state index < -0.39 is 0 Å². The third kappa shape index (κ3) is 3.27. The van der Waals surface area contributed by atoms with E-state index in [4.69, 9.17) is 5.73 Å². The quantitative estimate of drug-likeness (QED) is 0.816. The van der Waals surface area contributed by atoms with Gasteiger partial charge in [0.2, 0.25) is 5.91 Å². The molecule has 19 heavy (non-hydrogen) atoms. The van der Waals surface area contributed by atoms with Gasteiger partial charge in [0.15, 0.2) is 0 Å². The molecule has 3 N–H and O–H groups in total. The van der Waals surface area contributed by atoms with Crippen molar-refractivity contribution in [1.82, 2.24) is 5.32 Å². The Kier molecular flexibility index (Phi) is 5.18. The molecule has 0 bridgehead atoms. The SMILES string of the molecule is CSC1(CNC(=O)C2(CN)CCCC2)CCCCC1. The predicted octanol–water partition coefficient (Wildman–Crippen LogP) is 2.69. The largest absolute Gasteiger partial charge is 0.354 e. The van der Waals surface area contributed by atoms with E-state index in [0.717, 1.165) is 32.2 Å². The van der Waals surface area contributed by atoms with Gasteiger partial charge >= 0.3 is 0 Å². The average molecular weight is 284 g/mol. The Balaban J connectivity index is 1.91. The first-order valence-corrected chi connectivity index (χ1v) is 8.92. The summed E-state index contributed by atoms with van der Waals surface area (Å²) in [4.78, 5) is 12.5. The number of amides is 1. The van der Waals surface area contributed by atoms with Crippen LogP contribution in [0.2, 0.25) is 0 Å². The van der Waals surface area contributed by atoms with Gasteiger partial charge < -0.3 is 11.1 Å². The van der Waals surface area contributed by atoms with Gasteiger partial charge in [-0.15, -0.1) is 0 Å². The summed E-state index contributed by atoms with van der Waals surface area (Å²) in [6, 6.07) is 0. The molecule has 2 aliphatic rings. The van der Waals surface area contributed by atoms with Crippen LogP contribution in [0.5, 0.6) is 0 Å². The van der Waals surface area contributed by atoms with E-state index in [9.17, 15) is 4.79 Å². The molecular weight excluding hydrogens is 256 g/mol. The maximum Gasteiger partial charge on any atom is 0.227 e. The van der Waals surface area contributed by atoms with Crippen molar-refractivity contribution in [3.8, 4) is 0 Å². The minimum atomic E-state index is -0.256. The highest BCUT2D eigenvalue weighted by atomic mass is 32.2. The molecule has 0 aliphatic heterocycles. The lowest BCUT2D eigenvalue weighted by molar-refractivity contribution is -0.130. The van der Waals surface area contributed by atoms with Gasteiger partial charge in [-0.3, -0.25) is 4.79 Å². The summed E-state index contributed by atoms with van der Waals surface area (Å²) in [6.07, 6.45) is 12.9. The molecular formula is C15H28N2OS. The summed E-state index contributed by atoms with van der Waals surface area (Å²) in [5.74, 6) is 0.214. The molecule has 2 saturated carbocycles. The Bertz CT molecular complexity index is 307. The monoisotopic (exact) mass is 284 g/mol. The van der Waals surface area contributed by atoms with E-state index >= 15 is 0 Å². The summed E-state index contributed by atoms with van der Waals surface area (Å²) in [5, 5.41) is 3.24. The predicted molar refractivity (Wildman–Crippen MR) is 82.3 cm³/mol. The molecule has 3 nitrogen and oxygen atoms in total. The van der Waals surface area contributed by atoms with Crippen molar-refractivity contribution in [3.63, 3.8) is 0 Å². The van der Waals surface area contributed by atoms with Crippen LogP contribution in [-0.2, 0) is 4.79 Å². The van der Waals surface area contributed by atoms with Crippen molar-refractivity contribution in [3.05, 3.63) is 0 Å². The third-order valence-corrected chi connectivity index (χ3v) is 6.62. The molecule has 110 valence electrons. The molecule has 0 radical (unpaired) electrons. The highest BCUT2D eigenvalue weighted by molar-refractivity contribution is 8.00. The summed E-state index contributed by atoms with van der Waals surface area (Å²) in [5.41, 5.74) is 5.62. The second-order valence-corrected chi connectivity index (χ2v) is 7.60. The molecule has 2 rings (SSSR count). The minimum Gasteiger partial charge on any atom is -0.354 e. The van der Waals surface area contributed by atoms with Gasteiger partial charge in [0.1, 0.15) is 0 Å². The van der Waals surface area contributed by atoms with Crippen LogP contribution in [0.15, 0.2) is 0 Å². The molecule has 2 fully saturated rings. The highest BCUT2D eigenvalue weighted by Gasteiger charge is 2.41. The zero-order valence-electron chi connectivity index (χ0n) is 12.2. The molecule has 0 spiro atoms. The number of rotatable bonds is 5. The Morgan fingerprint density at radius 2 is 1.68 bits per heavy atom. The van der Waals surface area contributed by atoms with Crippen LogP contribution in [0.3, 0.4) is 0 Å². The van der Waals surface area contributed by atoms with Gasteiger partial charge in [-0.2, -0.15) is 11.8 Å². The first-order valence-electron chi connectivity index (χ1n) is 7.70. The zero-order valence-corrected chi connectivity index (χ0v) is 13.0. The minimum absolute atomic E-state index is 0.214. The van der Waals surface area contributed by atoms with Crippen molar-refractivity contribution in [2.45, 2.75) is 62.5 Å². The van der Waals surface area contributed by atoms with E-state index in [-0.39, 0.29) is 16.1 Å². The first-order chi connectivity index (χ1) is 9.16. The van der Waals surface area contributed by atoms with Gasteiger partial charge in [-0.1, -0.05) is 32.1 Å². The summed E-state index contributed by atoms with van der Waals surface area (Å²) >= 11 is 1.94. The lowest BCUT2D eigenvalue weighted by Gasteiger charge is -2.37. The summed E-state index contributed by atoms with van der Waals surface area (Å²) in [7, 11) is 0. The standard InChI is InChI=1S/C15H28N2OS/c1-19-15(9-3-2-4-10-15)12-17-13(18)14(11-16)7-5-6-8-14/h2-12,16H2,1H3,(H,17,18). The van der Waals surface area contributed by atoms with Crippen LogP contribution in [0.1, 0.15) is 57.8 Å². The fraction of sp³-hybridized carbons (Fsp3) is 0.933. The molecule has 4 heteroatoms. The zero-order chi connectivity index (χ0) is 13.8. The topological polar surface area (TPSA) is 55.1 Å². The molecule has 0 unspecified atom stereocenters. The Labute approximate surface area is 121 Å². The maximum absolute atomic E-state index is 12.5. The van der Waals surface area contributed by atoms with Crippen molar-refractivity contribution >= 4 is 17.7 Å². The number of carbonyl (C=O) groups is 1. The molecule has 0 atom stereocenters. The van der Waals surface area contributed by atoms with Crippen LogP contribution in [-0.4, -0.2) is 30.0 Å². The van der Waals surface area contributed by atoms with Gasteiger partial charge in [0.25, 0.3) is 0 Å². The smallest absolute Gasteiger partial charge is 0.227 e. The van der Waals surface area contributed by atoms with Crippen LogP contribution >= 0.6 is 11.8 Å². The van der Waals surface area contributed by atoms with Crippen molar-refractivity contribution in [2.75, 3.05) is 19.3 Å². The van der Waals surface area contributed by atoms with E-state index in [1.807, 2.05) is 11.8 Å². The third-order valence-electron chi connectivity index (χ3n) is 5.20. The van der Waals surface area contributed by atoms with Crippen LogP contribution in [0, 0.1) is 5.41 Å². The van der Waals surface area contributed by atoms with Gasteiger partial charge in [-0.25, -0.2) is 0 Å². The Morgan fingerprint density at radius 1 is 1.11 bits per heavy atom. The lowest BCUT2D eigenvalue weighted by atomic mass is 9.84. The highest BCUT2D eigenvalue weighted by Crippen LogP contribution is 2.40. The number of nitrogens with two attached hydrogens (primary N) is 1. The fourth-order valence-corrected chi connectivity index (χ4v) is 4.57. The van der Waals surface area contributed by atoms with Crippen LogP contribution < -0.4 is 11.1 Å². The fourth-order valence-electron chi connectivity index (χ4n) is 3.65. The van der Waals surface area contributed by atoms with Crippen molar-refractivity contribution in [1.29, 1.82) is 0 Å². The van der Waals surface area contributed by atoms with Gasteiger partial charge in [0.05, 0.1) is 5.41 Å². The summed E-state index contributed by atoms with van der Waals surface area (Å²) in [6.45, 7) is 1.33. The second kappa shape index (κ2) is 6.49. The number of carbonyl (C=O) groups excluding carboxylic acids is 1. The summed E-state index contributed by atoms with van der Waals surface area (Å²) < 4.78 is 0.280. The number of hydrogen-bond donors (Lipinski definition) is 2. The van der Waals surface area contributed by atoms with E-state index in [1.54, 1.807) is 0 Å². The van der Waals surface area contributed by atoms with E-state index in [2.05, 4.69) is 11.6 Å². The maximum atomic E-state index is 12.5. The Hall–Kier alpha value is -0.220. The molecule has 0 aromatic carbocycles. The molecule has 1 amide bonds. The Morgan fingerprint density at radius 3 is 2.21 bits per heavy atom. The van der Waals surface area contributed by atoms with Gasteiger partial charge in [0, 0.05) is 17.8 Å². The lowest BCUT2D eigenvalue weighted by Crippen LogP contribution is -2.49. The molecule has 0 saturated heterocycles. The number of nitrogens with one attached hydrogen (secondary N) is 1. The van der Waals surface area contributed by atoms with Crippen LogP contribution in [0.25, 0.3) is 0 Å². The molecule has 0 aromatic rings. The van der Waals surface area contributed by atoms with Crippen molar-refractivity contribution < 1.29 is 4.79 Å². The normalized spacial score (nSPS) is 25.2. The number of hydrogen-bond acceptors (Lipinski definition) is 3. The van der Waals surface area contributed by atoms with Crippen LogP contribution in [0.4, 0.5) is 0 Å². The second-order valence-electron chi connectivity index (χ2n) is 6.32. The van der Waals surface area contributed by atoms with E-state index in [1.165, 1.54) is 32.1 Å². The van der Waals surface area contributed by atoms with E-state index in [0.29, 0.717) is 6.54 Å².